The van der Waals surface area contributed by atoms with E-state index in [1.54, 1.807) is 0 Å². The maximum atomic E-state index is 4.67. The Balaban J connectivity index is 0.000000490. The summed E-state index contributed by atoms with van der Waals surface area (Å²) in [5.41, 5.74) is 0. The van der Waals surface area contributed by atoms with E-state index < -0.39 is 0 Å². The molecule has 0 saturated heterocycles. The van der Waals surface area contributed by atoms with Gasteiger partial charge in [0.25, 0.3) is 0 Å². The van der Waals surface area contributed by atoms with E-state index in [0.717, 1.165) is 0 Å². The molecule has 1 rings (SSSR count). The molecule has 0 spiro atoms. The maximum Gasteiger partial charge on any atom is 1.00 e. The van der Waals surface area contributed by atoms with Crippen molar-refractivity contribution in [2.45, 2.75) is 4.34 Å². The van der Waals surface area contributed by atoms with E-state index in [2.05, 4.69) is 35.0 Å². The second kappa shape index (κ2) is 3.92. The van der Waals surface area contributed by atoms with Crippen molar-refractivity contribution >= 4 is 36.2 Å². The molecule has 0 amide bonds. The van der Waals surface area contributed by atoms with Gasteiger partial charge in [-0.15, -0.1) is 0 Å². The summed E-state index contributed by atoms with van der Waals surface area (Å²) in [7, 11) is 0. The van der Waals surface area contributed by atoms with Gasteiger partial charge in [0.15, 0.2) is 0 Å². The topological polar surface area (TPSA) is 28.7 Å². The molecule has 0 aliphatic carbocycles. The standard InChI is InChI=1S/C2H2N2S3.Na/c5-1-3-4-2(6)7-1;/h(H,3,5)(H,4,6);/q;+1/p-1. The molecule has 0 bridgehead atoms. The van der Waals surface area contributed by atoms with E-state index in [9.17, 15) is 0 Å². The molecule has 0 aromatic carbocycles. The Morgan fingerprint density at radius 1 is 1.75 bits per heavy atom. The molecule has 1 heterocycles. The molecule has 1 N–H and O–H groups in total. The van der Waals surface area contributed by atoms with Crippen molar-refractivity contribution in [1.29, 1.82) is 0 Å². The molecule has 1 aromatic heterocycles. The number of H-pyrrole nitrogens is 1. The summed E-state index contributed by atoms with van der Waals surface area (Å²) in [6, 6.07) is 0. The molecule has 2 nitrogen and oxygen atoms in total. The Bertz CT molecular complexity index is 203. The van der Waals surface area contributed by atoms with Gasteiger partial charge >= 0.3 is 29.6 Å². The van der Waals surface area contributed by atoms with Crippen molar-refractivity contribution in [3.8, 4) is 0 Å². The van der Waals surface area contributed by atoms with Gasteiger partial charge in [-0.1, -0.05) is 12.2 Å². The van der Waals surface area contributed by atoms with Crippen LogP contribution in [0.3, 0.4) is 0 Å². The number of hydrogen-bond acceptors (Lipinski definition) is 4. The molecule has 0 unspecified atom stereocenters. The van der Waals surface area contributed by atoms with E-state index in [1.807, 2.05) is 0 Å². The fourth-order valence-electron chi connectivity index (χ4n) is 0.216. The number of rotatable bonds is 0. The maximum absolute atomic E-state index is 4.67. The third-order valence-corrected chi connectivity index (χ3v) is 1.64. The van der Waals surface area contributed by atoms with Crippen molar-refractivity contribution in [2.75, 3.05) is 0 Å². The minimum atomic E-state index is 0. The van der Waals surface area contributed by atoms with Gasteiger partial charge in [0.05, 0.1) is 3.95 Å². The fraction of sp³-hybridized carbons (Fsp3) is 0. The molecule has 8 heavy (non-hydrogen) atoms. The summed E-state index contributed by atoms with van der Waals surface area (Å²) in [5, 5.41) is 6.17. The van der Waals surface area contributed by atoms with Crippen molar-refractivity contribution in [3.05, 3.63) is 3.95 Å². The first-order valence-electron chi connectivity index (χ1n) is 1.51. The SMILES string of the molecule is S=c1[nH]nc([S-])s1.[Na+]. The van der Waals surface area contributed by atoms with Gasteiger partial charge in [-0.05, 0) is 4.34 Å². The first-order chi connectivity index (χ1) is 3.29. The smallest absolute Gasteiger partial charge is 0.406 e. The van der Waals surface area contributed by atoms with Crippen molar-refractivity contribution in [1.82, 2.24) is 10.2 Å². The first-order valence-corrected chi connectivity index (χ1v) is 3.15. The molecule has 1 aromatic rings. The monoisotopic (exact) mass is 172 g/mol. The molecule has 0 atom stereocenters. The van der Waals surface area contributed by atoms with E-state index in [1.165, 1.54) is 11.3 Å². The first kappa shape index (κ1) is 9.00. The quantitative estimate of drug-likeness (QED) is 0.282. The van der Waals surface area contributed by atoms with Crippen LogP contribution >= 0.6 is 23.6 Å². The van der Waals surface area contributed by atoms with Gasteiger partial charge in [-0.3, -0.25) is 5.10 Å². The van der Waals surface area contributed by atoms with Crippen LogP contribution in [-0.4, -0.2) is 10.2 Å². The molecule has 0 radical (unpaired) electrons. The molecule has 0 saturated carbocycles. The molecular weight excluding hydrogens is 171 g/mol. The predicted octanol–water partition coefficient (Wildman–Crippen LogP) is -1.89. The summed E-state index contributed by atoms with van der Waals surface area (Å²) in [5.74, 6) is 0. The van der Waals surface area contributed by atoms with Gasteiger partial charge in [-0.2, -0.15) is 5.10 Å². The average molecular weight is 172 g/mol. The van der Waals surface area contributed by atoms with Crippen LogP contribution in [-0.2, 0) is 12.6 Å². The minimum Gasteiger partial charge on any atom is -0.406 e. The zero-order valence-electron chi connectivity index (χ0n) is 4.17. The van der Waals surface area contributed by atoms with Crippen molar-refractivity contribution in [3.63, 3.8) is 0 Å². The summed E-state index contributed by atoms with van der Waals surface area (Å²) in [6.07, 6.45) is 0. The Morgan fingerprint density at radius 2 is 2.38 bits per heavy atom. The van der Waals surface area contributed by atoms with Crippen LogP contribution in [0.25, 0.3) is 0 Å². The molecule has 6 heteroatoms. The van der Waals surface area contributed by atoms with Gasteiger partial charge in [0.2, 0.25) is 0 Å². The molecule has 0 fully saturated rings. The largest absolute Gasteiger partial charge is 1.00 e. The number of nitrogens with one attached hydrogen (secondary N) is 1. The number of nitrogens with zero attached hydrogens (tertiary/aromatic N) is 1. The van der Waals surface area contributed by atoms with E-state index in [-0.39, 0.29) is 29.6 Å². The van der Waals surface area contributed by atoms with Crippen LogP contribution in [0.4, 0.5) is 0 Å². The number of hydrogen-bond donors (Lipinski definition) is 1. The van der Waals surface area contributed by atoms with E-state index >= 15 is 0 Å². The van der Waals surface area contributed by atoms with E-state index in [4.69, 9.17) is 0 Å². The van der Waals surface area contributed by atoms with Crippen molar-refractivity contribution in [2.24, 2.45) is 0 Å². The summed E-state index contributed by atoms with van der Waals surface area (Å²) in [4.78, 5) is 0. The average Bonchev–Trinajstić information content (AvgIpc) is 1.87. The zero-order chi connectivity index (χ0) is 5.28. The summed E-state index contributed by atoms with van der Waals surface area (Å²) in [6.45, 7) is 0. The van der Waals surface area contributed by atoms with Gasteiger partial charge in [-0.25, -0.2) is 0 Å². The van der Waals surface area contributed by atoms with Crippen LogP contribution in [0.1, 0.15) is 0 Å². The zero-order valence-corrected chi connectivity index (χ0v) is 8.62. The number of aromatic nitrogens is 2. The van der Waals surface area contributed by atoms with Crippen LogP contribution < -0.4 is 29.6 Å². The van der Waals surface area contributed by atoms with Gasteiger partial charge < -0.3 is 24.0 Å². The Labute approximate surface area is 83.4 Å². The van der Waals surface area contributed by atoms with Gasteiger partial charge in [0, 0.05) is 0 Å². The predicted molar refractivity (Wildman–Crippen MR) is 32.9 cm³/mol. The van der Waals surface area contributed by atoms with Crippen LogP contribution in [0.5, 0.6) is 0 Å². The summed E-state index contributed by atoms with van der Waals surface area (Å²) < 4.78 is 1.22. The number of aromatic amines is 1. The summed E-state index contributed by atoms with van der Waals surface area (Å²) >= 11 is 10.6. The Hall–Kier alpha value is 1.00. The Kier molecular flexibility index (Phi) is 4.41. The minimum absolute atomic E-state index is 0. The molecular formula is C2HN2NaS3. The molecule has 0 aliphatic rings. The Morgan fingerprint density at radius 3 is 2.50 bits per heavy atom. The van der Waals surface area contributed by atoms with Crippen LogP contribution in [0, 0.1) is 3.95 Å². The second-order valence-corrected chi connectivity index (χ2v) is 3.19. The normalized spacial score (nSPS) is 8.00. The van der Waals surface area contributed by atoms with Crippen LogP contribution in [0.15, 0.2) is 4.34 Å². The molecule has 38 valence electrons. The molecule has 0 aliphatic heterocycles. The second-order valence-electron chi connectivity index (χ2n) is 0.879. The van der Waals surface area contributed by atoms with E-state index in [0.29, 0.717) is 8.29 Å². The fourth-order valence-corrected chi connectivity index (χ4v) is 1.29. The van der Waals surface area contributed by atoms with Crippen molar-refractivity contribution < 1.29 is 29.6 Å². The van der Waals surface area contributed by atoms with Gasteiger partial charge in [0.1, 0.15) is 0 Å². The van der Waals surface area contributed by atoms with Crippen LogP contribution in [0.2, 0.25) is 0 Å². The third kappa shape index (κ3) is 2.52. The third-order valence-electron chi connectivity index (χ3n) is 0.418.